The van der Waals surface area contributed by atoms with E-state index in [1.807, 2.05) is 38.1 Å². The van der Waals surface area contributed by atoms with Gasteiger partial charge in [0, 0.05) is 22.6 Å². The predicted octanol–water partition coefficient (Wildman–Crippen LogP) is 4.59. The van der Waals surface area contributed by atoms with Crippen LogP contribution in [0.3, 0.4) is 0 Å². The Morgan fingerprint density at radius 2 is 1.76 bits per heavy atom. The van der Waals surface area contributed by atoms with E-state index in [0.29, 0.717) is 33.7 Å². The summed E-state index contributed by atoms with van der Waals surface area (Å²) < 4.78 is 12.0. The van der Waals surface area contributed by atoms with Gasteiger partial charge in [-0.25, -0.2) is 9.48 Å². The highest BCUT2D eigenvalue weighted by molar-refractivity contribution is 6.30. The molecule has 0 aliphatic heterocycles. The Bertz CT molecular complexity index is 1450. The molecule has 0 atom stereocenters. The van der Waals surface area contributed by atoms with E-state index in [9.17, 15) is 14.4 Å². The average Bonchev–Trinajstić information content (AvgIpc) is 3.11. The molecule has 4 rings (SSSR count). The largest absolute Gasteiger partial charge is 0.456 e. The molecule has 174 valence electrons. The molecule has 0 aliphatic rings. The first-order valence-corrected chi connectivity index (χ1v) is 11.1. The van der Waals surface area contributed by atoms with Gasteiger partial charge < -0.3 is 9.15 Å². The quantitative estimate of drug-likeness (QED) is 0.285. The highest BCUT2D eigenvalue weighted by Crippen LogP contribution is 2.25. The Kier molecular flexibility index (Phi) is 6.65. The number of carbonyl (C=O) groups is 2. The lowest BCUT2D eigenvalue weighted by molar-refractivity contribution is -0.143. The maximum absolute atomic E-state index is 12.8. The summed E-state index contributed by atoms with van der Waals surface area (Å²) in [5.74, 6) is -1.02. The molecular formula is C26H23ClN2O5. The third-order valence-corrected chi connectivity index (χ3v) is 6.03. The maximum Gasteiger partial charge on any atom is 0.341 e. The highest BCUT2D eigenvalue weighted by Gasteiger charge is 2.21. The third kappa shape index (κ3) is 4.79. The molecule has 0 amide bonds. The van der Waals surface area contributed by atoms with Crippen LogP contribution < -0.4 is 5.63 Å². The summed E-state index contributed by atoms with van der Waals surface area (Å²) in [4.78, 5) is 37.5. The van der Waals surface area contributed by atoms with Crippen molar-refractivity contribution in [1.82, 2.24) is 9.78 Å². The number of nitrogens with zero attached hydrogens (tertiary/aromatic N) is 2. The van der Waals surface area contributed by atoms with Crippen LogP contribution >= 0.6 is 11.6 Å². The number of hydrogen-bond acceptors (Lipinski definition) is 6. The standard InChI is InChI=1S/C26H23ClN2O5/c1-15-6-4-5-7-19(15)12-21-16(2)24-17(3)28-29(25(24)34-26(21)32)13-23(31)33-14-22(30)18-8-10-20(27)11-9-18/h4-11H,12-14H2,1-3H3. The molecule has 0 fully saturated rings. The van der Waals surface area contributed by atoms with Crippen molar-refractivity contribution >= 4 is 34.5 Å². The number of halogens is 1. The Morgan fingerprint density at radius 1 is 1.06 bits per heavy atom. The first-order chi connectivity index (χ1) is 16.2. The van der Waals surface area contributed by atoms with Crippen molar-refractivity contribution in [2.75, 3.05) is 6.61 Å². The van der Waals surface area contributed by atoms with Gasteiger partial charge in [0.05, 0.1) is 11.1 Å². The fourth-order valence-corrected chi connectivity index (χ4v) is 4.02. The van der Waals surface area contributed by atoms with Gasteiger partial charge in [0.15, 0.2) is 12.4 Å². The summed E-state index contributed by atoms with van der Waals surface area (Å²) >= 11 is 5.83. The van der Waals surface area contributed by atoms with Crippen molar-refractivity contribution in [3.05, 3.63) is 97.5 Å². The van der Waals surface area contributed by atoms with Crippen molar-refractivity contribution in [3.8, 4) is 0 Å². The van der Waals surface area contributed by atoms with Gasteiger partial charge in [0.2, 0.25) is 5.71 Å². The monoisotopic (exact) mass is 478 g/mol. The van der Waals surface area contributed by atoms with Crippen molar-refractivity contribution in [2.45, 2.75) is 33.7 Å². The van der Waals surface area contributed by atoms with E-state index in [1.54, 1.807) is 31.2 Å². The molecule has 2 aromatic heterocycles. The van der Waals surface area contributed by atoms with E-state index in [1.165, 1.54) is 4.68 Å². The van der Waals surface area contributed by atoms with Crippen molar-refractivity contribution < 1.29 is 18.7 Å². The van der Waals surface area contributed by atoms with Crippen molar-refractivity contribution in [2.24, 2.45) is 0 Å². The smallest absolute Gasteiger partial charge is 0.341 e. The molecule has 8 heteroatoms. The fraction of sp³-hybridized carbons (Fsp3) is 0.231. The number of fused-ring (bicyclic) bond motifs is 1. The van der Waals surface area contributed by atoms with Gasteiger partial charge in [-0.3, -0.25) is 9.59 Å². The van der Waals surface area contributed by atoms with Gasteiger partial charge in [-0.2, -0.15) is 5.10 Å². The second-order valence-corrected chi connectivity index (χ2v) is 8.55. The molecule has 0 unspecified atom stereocenters. The SMILES string of the molecule is Cc1ccccc1Cc1c(C)c2c(C)nn(CC(=O)OCC(=O)c3ccc(Cl)cc3)c2oc1=O. The number of carbonyl (C=O) groups excluding carboxylic acids is 2. The lowest BCUT2D eigenvalue weighted by atomic mass is 9.97. The van der Waals surface area contributed by atoms with E-state index >= 15 is 0 Å². The second kappa shape index (κ2) is 9.65. The molecule has 0 spiro atoms. The minimum Gasteiger partial charge on any atom is -0.456 e. The Hall–Kier alpha value is -3.71. The van der Waals surface area contributed by atoms with E-state index in [4.69, 9.17) is 20.8 Å². The van der Waals surface area contributed by atoms with E-state index in [2.05, 4.69) is 5.10 Å². The predicted molar refractivity (Wildman–Crippen MR) is 128 cm³/mol. The van der Waals surface area contributed by atoms with Crippen LogP contribution in [0.2, 0.25) is 5.02 Å². The number of esters is 1. The minimum absolute atomic E-state index is 0.203. The summed E-state index contributed by atoms with van der Waals surface area (Å²) in [6.07, 6.45) is 0.441. The van der Waals surface area contributed by atoms with E-state index < -0.39 is 18.2 Å². The summed E-state index contributed by atoms with van der Waals surface area (Å²) in [7, 11) is 0. The molecule has 2 aromatic carbocycles. The van der Waals surface area contributed by atoms with Crippen LogP contribution in [-0.4, -0.2) is 28.1 Å². The van der Waals surface area contributed by atoms with Crippen LogP contribution in [0, 0.1) is 20.8 Å². The summed E-state index contributed by atoms with van der Waals surface area (Å²) in [5.41, 5.74) is 4.20. The van der Waals surface area contributed by atoms with Gasteiger partial charge in [0.1, 0.15) is 6.54 Å². The number of aromatic nitrogens is 2. The van der Waals surface area contributed by atoms with Gasteiger partial charge in [-0.15, -0.1) is 0 Å². The first-order valence-electron chi connectivity index (χ1n) is 10.7. The van der Waals surface area contributed by atoms with Crippen LogP contribution in [0.25, 0.3) is 11.1 Å². The summed E-state index contributed by atoms with van der Waals surface area (Å²) in [6, 6.07) is 14.2. The summed E-state index contributed by atoms with van der Waals surface area (Å²) in [5, 5.41) is 5.57. The van der Waals surface area contributed by atoms with Gasteiger partial charge in [-0.1, -0.05) is 35.9 Å². The number of ether oxygens (including phenoxy) is 1. The number of benzene rings is 2. The van der Waals surface area contributed by atoms with Gasteiger partial charge >= 0.3 is 11.6 Å². The average molecular weight is 479 g/mol. The van der Waals surface area contributed by atoms with Gasteiger partial charge in [-0.05, 0) is 61.7 Å². The second-order valence-electron chi connectivity index (χ2n) is 8.11. The molecule has 7 nitrogen and oxygen atoms in total. The molecule has 0 saturated carbocycles. The van der Waals surface area contributed by atoms with Gasteiger partial charge in [0.25, 0.3) is 0 Å². The topological polar surface area (TPSA) is 91.4 Å². The minimum atomic E-state index is -0.670. The number of ketones is 1. The Morgan fingerprint density at radius 3 is 2.47 bits per heavy atom. The van der Waals surface area contributed by atoms with E-state index in [0.717, 1.165) is 16.7 Å². The third-order valence-electron chi connectivity index (χ3n) is 5.78. The maximum atomic E-state index is 12.8. The van der Waals surface area contributed by atoms with E-state index in [-0.39, 0.29) is 18.0 Å². The zero-order chi connectivity index (χ0) is 24.4. The van der Waals surface area contributed by atoms with Crippen LogP contribution in [0.4, 0.5) is 0 Å². The molecule has 0 N–H and O–H groups in total. The zero-order valence-electron chi connectivity index (χ0n) is 19.1. The molecule has 4 aromatic rings. The van der Waals surface area contributed by atoms with Crippen LogP contribution in [-0.2, 0) is 22.5 Å². The molecular weight excluding hydrogens is 456 g/mol. The highest BCUT2D eigenvalue weighted by atomic mass is 35.5. The van der Waals surface area contributed by atoms with Crippen molar-refractivity contribution in [1.29, 1.82) is 0 Å². The molecule has 0 saturated heterocycles. The molecule has 34 heavy (non-hydrogen) atoms. The number of rotatable bonds is 7. The van der Waals surface area contributed by atoms with Crippen LogP contribution in [0.15, 0.2) is 57.7 Å². The first kappa shape index (κ1) is 23.4. The number of aryl methyl sites for hydroxylation is 3. The van der Waals surface area contributed by atoms with Crippen LogP contribution in [0.5, 0.6) is 0 Å². The Balaban J connectivity index is 1.54. The number of Topliss-reactive ketones (excluding diaryl/α,β-unsaturated/α-hetero) is 1. The summed E-state index contributed by atoms with van der Waals surface area (Å²) in [6.45, 7) is 4.94. The normalized spacial score (nSPS) is 11.1. The lowest BCUT2D eigenvalue weighted by Crippen LogP contribution is -2.19. The lowest BCUT2D eigenvalue weighted by Gasteiger charge is -2.09. The van der Waals surface area contributed by atoms with Crippen molar-refractivity contribution in [3.63, 3.8) is 0 Å². The molecule has 0 bridgehead atoms. The fourth-order valence-electron chi connectivity index (χ4n) is 3.89. The molecule has 0 radical (unpaired) electrons. The van der Waals surface area contributed by atoms with Crippen LogP contribution in [0.1, 0.15) is 38.3 Å². The molecule has 0 aliphatic carbocycles. The molecule has 2 heterocycles. The number of hydrogen-bond donors (Lipinski definition) is 0. The zero-order valence-corrected chi connectivity index (χ0v) is 19.8. The Labute approximate surface area is 200 Å².